The summed E-state index contributed by atoms with van der Waals surface area (Å²) in [6, 6.07) is 5.47. The van der Waals surface area contributed by atoms with E-state index in [9.17, 15) is 4.79 Å². The average molecular weight is 264 g/mol. The Morgan fingerprint density at radius 2 is 2.00 bits per heavy atom. The summed E-state index contributed by atoms with van der Waals surface area (Å²) in [6.07, 6.45) is 0. The molecule has 1 aromatic carbocycles. The zero-order chi connectivity index (χ0) is 14.6. The van der Waals surface area contributed by atoms with Crippen molar-refractivity contribution in [3.8, 4) is 0 Å². The summed E-state index contributed by atoms with van der Waals surface area (Å²) in [4.78, 5) is 15.8. The number of rotatable bonds is 6. The number of anilines is 2. The zero-order valence-corrected chi connectivity index (χ0v) is 12.2. The maximum absolute atomic E-state index is 11.5. The molecule has 0 heterocycles. The van der Waals surface area contributed by atoms with Gasteiger partial charge in [-0.3, -0.25) is 4.79 Å². The van der Waals surface area contributed by atoms with Gasteiger partial charge in [0.15, 0.2) is 0 Å². The maximum Gasteiger partial charge on any atom is 0.250 e. The van der Waals surface area contributed by atoms with Gasteiger partial charge in [-0.1, -0.05) is 0 Å². The Balaban J connectivity index is 3.16. The highest BCUT2D eigenvalue weighted by molar-refractivity contribution is 5.99. The van der Waals surface area contributed by atoms with E-state index in [1.54, 1.807) is 12.1 Å². The zero-order valence-electron chi connectivity index (χ0n) is 12.2. The van der Waals surface area contributed by atoms with Crippen LogP contribution in [0.3, 0.4) is 0 Å². The molecule has 0 radical (unpaired) electrons. The van der Waals surface area contributed by atoms with Crippen LogP contribution in [-0.4, -0.2) is 44.0 Å². The third kappa shape index (κ3) is 3.86. The van der Waals surface area contributed by atoms with Crippen LogP contribution in [0.15, 0.2) is 18.2 Å². The quantitative estimate of drug-likeness (QED) is 0.756. The minimum absolute atomic E-state index is 0.264. The molecule has 19 heavy (non-hydrogen) atoms. The summed E-state index contributed by atoms with van der Waals surface area (Å²) in [7, 11) is 4.05. The van der Waals surface area contributed by atoms with Gasteiger partial charge in [0.2, 0.25) is 0 Å². The van der Waals surface area contributed by atoms with Crippen LogP contribution in [-0.2, 0) is 0 Å². The fourth-order valence-electron chi connectivity index (χ4n) is 2.34. The number of nitrogens with zero attached hydrogens (tertiary/aromatic N) is 2. The minimum Gasteiger partial charge on any atom is -0.399 e. The van der Waals surface area contributed by atoms with Gasteiger partial charge in [0, 0.05) is 24.8 Å². The molecule has 0 spiro atoms. The van der Waals surface area contributed by atoms with Crippen molar-refractivity contribution < 1.29 is 4.79 Å². The molecule has 0 bridgehead atoms. The molecule has 0 aromatic heterocycles. The SMILES string of the molecule is CCN(c1cc(N)ccc1C(N)=O)C(C)CN(C)C. The van der Waals surface area contributed by atoms with Crippen LogP contribution in [0.25, 0.3) is 0 Å². The van der Waals surface area contributed by atoms with E-state index in [0.717, 1.165) is 18.8 Å². The van der Waals surface area contributed by atoms with Crippen molar-refractivity contribution in [1.29, 1.82) is 0 Å². The number of nitrogen functional groups attached to an aromatic ring is 1. The first-order valence-corrected chi connectivity index (χ1v) is 6.47. The summed E-state index contributed by atoms with van der Waals surface area (Å²) >= 11 is 0. The number of primary amides is 1. The Morgan fingerprint density at radius 3 is 2.47 bits per heavy atom. The van der Waals surface area contributed by atoms with Gasteiger partial charge in [-0.15, -0.1) is 0 Å². The van der Waals surface area contributed by atoms with Gasteiger partial charge in [0.1, 0.15) is 0 Å². The molecule has 1 amide bonds. The van der Waals surface area contributed by atoms with Crippen LogP contribution in [0.5, 0.6) is 0 Å². The average Bonchev–Trinajstić information content (AvgIpc) is 2.28. The van der Waals surface area contributed by atoms with Crippen molar-refractivity contribution >= 4 is 17.3 Å². The molecule has 0 aliphatic carbocycles. The number of benzene rings is 1. The van der Waals surface area contributed by atoms with E-state index in [2.05, 4.69) is 23.6 Å². The van der Waals surface area contributed by atoms with Crippen molar-refractivity contribution in [3.63, 3.8) is 0 Å². The number of carbonyl (C=O) groups excluding carboxylic acids is 1. The van der Waals surface area contributed by atoms with Gasteiger partial charge >= 0.3 is 0 Å². The van der Waals surface area contributed by atoms with E-state index >= 15 is 0 Å². The maximum atomic E-state index is 11.5. The molecular formula is C14H24N4O. The predicted octanol–water partition coefficient (Wildman–Crippen LogP) is 1.14. The van der Waals surface area contributed by atoms with Gasteiger partial charge in [-0.25, -0.2) is 0 Å². The topological polar surface area (TPSA) is 75.6 Å². The van der Waals surface area contributed by atoms with Crippen LogP contribution in [0.2, 0.25) is 0 Å². The Kier molecular flexibility index (Phi) is 5.18. The Hall–Kier alpha value is -1.75. The third-order valence-electron chi connectivity index (χ3n) is 3.10. The summed E-state index contributed by atoms with van der Waals surface area (Å²) in [5, 5.41) is 0. The molecule has 1 aromatic rings. The largest absolute Gasteiger partial charge is 0.399 e. The monoisotopic (exact) mass is 264 g/mol. The molecule has 5 heteroatoms. The van der Waals surface area contributed by atoms with Gasteiger partial charge in [0.05, 0.1) is 11.3 Å². The fraction of sp³-hybridized carbons (Fsp3) is 0.500. The lowest BCUT2D eigenvalue weighted by Gasteiger charge is -2.33. The van der Waals surface area contributed by atoms with Crippen LogP contribution in [0.4, 0.5) is 11.4 Å². The second-order valence-corrected chi connectivity index (χ2v) is 5.04. The Labute approximate surface area is 115 Å². The van der Waals surface area contributed by atoms with Crippen molar-refractivity contribution in [2.75, 3.05) is 37.8 Å². The van der Waals surface area contributed by atoms with Crippen LogP contribution in [0.1, 0.15) is 24.2 Å². The highest BCUT2D eigenvalue weighted by Gasteiger charge is 2.19. The number of likely N-dealkylation sites (N-methyl/N-ethyl adjacent to an activating group) is 2. The molecule has 0 saturated heterocycles. The van der Waals surface area contributed by atoms with Crippen molar-refractivity contribution in [2.24, 2.45) is 5.73 Å². The van der Waals surface area contributed by atoms with Crippen LogP contribution >= 0.6 is 0 Å². The van der Waals surface area contributed by atoms with Crippen LogP contribution < -0.4 is 16.4 Å². The van der Waals surface area contributed by atoms with E-state index < -0.39 is 5.91 Å². The van der Waals surface area contributed by atoms with E-state index in [1.165, 1.54) is 0 Å². The molecule has 1 rings (SSSR count). The smallest absolute Gasteiger partial charge is 0.250 e. The molecule has 5 nitrogen and oxygen atoms in total. The number of hydrogen-bond acceptors (Lipinski definition) is 4. The molecule has 1 atom stereocenters. The summed E-state index contributed by atoms with van der Waals surface area (Å²) in [6.45, 7) is 5.86. The van der Waals surface area contributed by atoms with E-state index in [-0.39, 0.29) is 6.04 Å². The normalized spacial score (nSPS) is 12.5. The van der Waals surface area contributed by atoms with Gasteiger partial charge in [-0.05, 0) is 46.1 Å². The van der Waals surface area contributed by atoms with Gasteiger partial charge in [-0.2, -0.15) is 0 Å². The summed E-state index contributed by atoms with van der Waals surface area (Å²) in [5.74, 6) is -0.425. The van der Waals surface area contributed by atoms with Crippen molar-refractivity contribution in [1.82, 2.24) is 4.90 Å². The Bertz CT molecular complexity index is 445. The predicted molar refractivity (Wildman–Crippen MR) is 80.4 cm³/mol. The molecule has 0 fully saturated rings. The second-order valence-electron chi connectivity index (χ2n) is 5.04. The number of nitrogens with two attached hydrogens (primary N) is 2. The van der Waals surface area contributed by atoms with E-state index in [4.69, 9.17) is 11.5 Å². The second kappa shape index (κ2) is 6.43. The standard InChI is InChI=1S/C14H24N4O/c1-5-18(10(2)9-17(3)4)13-8-11(15)6-7-12(13)14(16)19/h6-8,10H,5,9,15H2,1-4H3,(H2,16,19). The molecule has 4 N–H and O–H groups in total. The molecule has 0 saturated carbocycles. The highest BCUT2D eigenvalue weighted by Crippen LogP contribution is 2.25. The summed E-state index contributed by atoms with van der Waals surface area (Å²) < 4.78 is 0. The lowest BCUT2D eigenvalue weighted by molar-refractivity contribution is 0.100. The Morgan fingerprint density at radius 1 is 1.37 bits per heavy atom. The highest BCUT2D eigenvalue weighted by atomic mass is 16.1. The first-order chi connectivity index (χ1) is 8.86. The first-order valence-electron chi connectivity index (χ1n) is 6.47. The summed E-state index contributed by atoms with van der Waals surface area (Å²) in [5.41, 5.74) is 13.2. The van der Waals surface area contributed by atoms with Crippen molar-refractivity contribution in [3.05, 3.63) is 23.8 Å². The first kappa shape index (κ1) is 15.3. The lowest BCUT2D eigenvalue weighted by Crippen LogP contribution is -2.41. The van der Waals surface area contributed by atoms with E-state index in [0.29, 0.717) is 11.3 Å². The van der Waals surface area contributed by atoms with Gasteiger partial charge in [0.25, 0.3) is 5.91 Å². The molecule has 0 aliphatic heterocycles. The lowest BCUT2D eigenvalue weighted by atomic mass is 10.1. The molecule has 106 valence electrons. The number of hydrogen-bond donors (Lipinski definition) is 2. The van der Waals surface area contributed by atoms with Gasteiger partial charge < -0.3 is 21.3 Å². The fourth-order valence-corrected chi connectivity index (χ4v) is 2.34. The van der Waals surface area contributed by atoms with Crippen molar-refractivity contribution in [2.45, 2.75) is 19.9 Å². The molecular weight excluding hydrogens is 240 g/mol. The number of amides is 1. The van der Waals surface area contributed by atoms with E-state index in [1.807, 2.05) is 20.2 Å². The minimum atomic E-state index is -0.425. The third-order valence-corrected chi connectivity index (χ3v) is 3.10. The van der Waals surface area contributed by atoms with Crippen LogP contribution in [0, 0.1) is 0 Å². The molecule has 1 unspecified atom stereocenters. The molecule has 0 aliphatic rings. The number of carbonyl (C=O) groups is 1.